The van der Waals surface area contributed by atoms with Gasteiger partial charge in [0.25, 0.3) is 0 Å². The molecule has 0 aliphatic rings. The maximum absolute atomic E-state index is 10.2. The van der Waals surface area contributed by atoms with E-state index in [0.29, 0.717) is 25.1 Å². The monoisotopic (exact) mass is 328 g/mol. The van der Waals surface area contributed by atoms with Crippen molar-refractivity contribution in [3.63, 3.8) is 0 Å². The van der Waals surface area contributed by atoms with E-state index in [1.54, 1.807) is 0 Å². The lowest BCUT2D eigenvalue weighted by Crippen LogP contribution is -2.87. The van der Waals surface area contributed by atoms with E-state index in [-0.39, 0.29) is 0 Å². The normalized spacial score (nSPS) is 13.8. The molecule has 0 radical (unpaired) electrons. The smallest absolute Gasteiger partial charge is 0.137 e. The molecule has 0 heterocycles. The lowest BCUT2D eigenvalue weighted by atomic mass is 10.0. The molecule has 0 fully saturated rings. The van der Waals surface area contributed by atoms with Crippen LogP contribution in [-0.2, 0) is 0 Å². The van der Waals surface area contributed by atoms with Crippen molar-refractivity contribution in [3.8, 4) is 5.75 Å². The van der Waals surface area contributed by atoms with Crippen LogP contribution in [0.5, 0.6) is 5.75 Å². The van der Waals surface area contributed by atoms with Gasteiger partial charge in [0.15, 0.2) is 0 Å². The molecule has 0 amide bonds. The van der Waals surface area contributed by atoms with Crippen LogP contribution in [0.2, 0.25) is 0 Å². The Balaban J connectivity index is 1.85. The van der Waals surface area contributed by atoms with Crippen molar-refractivity contribution >= 4 is 0 Å². The largest absolute Gasteiger partial charge is 0.490 e. The Kier molecular flexibility index (Phi) is 6.83. The zero-order valence-corrected chi connectivity index (χ0v) is 15.2. The minimum absolute atomic E-state index is 0.321. The number of ether oxygens (including phenoxy) is 1. The fraction of sp³-hybridized carbons (Fsp3) is 0.429. The Morgan fingerprint density at radius 2 is 1.75 bits per heavy atom. The van der Waals surface area contributed by atoms with Crippen LogP contribution in [0.3, 0.4) is 0 Å². The first-order valence-electron chi connectivity index (χ1n) is 8.77. The summed E-state index contributed by atoms with van der Waals surface area (Å²) in [6.07, 6.45) is -0.489. The molecule has 130 valence electrons. The third kappa shape index (κ3) is 5.36. The van der Waals surface area contributed by atoms with E-state index in [4.69, 9.17) is 4.74 Å². The van der Waals surface area contributed by atoms with Crippen molar-refractivity contribution in [3.05, 3.63) is 65.2 Å². The van der Waals surface area contributed by atoms with E-state index < -0.39 is 6.10 Å². The zero-order chi connectivity index (χ0) is 17.5. The van der Waals surface area contributed by atoms with Crippen molar-refractivity contribution in [1.82, 2.24) is 0 Å². The van der Waals surface area contributed by atoms with Crippen LogP contribution in [0, 0.1) is 6.92 Å². The number of hydrogen-bond donors (Lipinski definition) is 2. The molecule has 0 spiro atoms. The fourth-order valence-electron chi connectivity index (χ4n) is 2.75. The van der Waals surface area contributed by atoms with Gasteiger partial charge in [0.2, 0.25) is 0 Å². The van der Waals surface area contributed by atoms with Gasteiger partial charge in [0.1, 0.15) is 31.0 Å². The van der Waals surface area contributed by atoms with Gasteiger partial charge in [-0.25, -0.2) is 0 Å². The van der Waals surface area contributed by atoms with Crippen molar-refractivity contribution in [1.29, 1.82) is 0 Å². The number of aliphatic hydroxyl groups excluding tert-OH is 1. The molecule has 0 saturated heterocycles. The van der Waals surface area contributed by atoms with Gasteiger partial charge in [-0.2, -0.15) is 0 Å². The van der Waals surface area contributed by atoms with Crippen LogP contribution >= 0.6 is 0 Å². The third-order valence-corrected chi connectivity index (χ3v) is 4.31. The molecule has 0 aliphatic heterocycles. The van der Waals surface area contributed by atoms with Gasteiger partial charge in [-0.05, 0) is 37.0 Å². The summed E-state index contributed by atoms with van der Waals surface area (Å²) >= 11 is 0. The maximum atomic E-state index is 10.2. The molecule has 0 aromatic heterocycles. The molecular formula is C21H30NO2+. The first kappa shape index (κ1) is 18.5. The lowest BCUT2D eigenvalue weighted by molar-refractivity contribution is -0.698. The van der Waals surface area contributed by atoms with Crippen molar-refractivity contribution in [2.75, 3.05) is 13.2 Å². The summed E-state index contributed by atoms with van der Waals surface area (Å²) in [7, 11) is 0. The molecule has 24 heavy (non-hydrogen) atoms. The van der Waals surface area contributed by atoms with E-state index in [1.165, 1.54) is 16.7 Å². The van der Waals surface area contributed by atoms with Gasteiger partial charge in [0.05, 0.1) is 0 Å². The molecule has 3 nitrogen and oxygen atoms in total. The third-order valence-electron chi connectivity index (χ3n) is 4.31. The Morgan fingerprint density at radius 3 is 2.42 bits per heavy atom. The number of benzene rings is 2. The Hall–Kier alpha value is -1.84. The second-order valence-corrected chi connectivity index (χ2v) is 6.83. The van der Waals surface area contributed by atoms with Gasteiger partial charge < -0.3 is 15.2 Å². The first-order chi connectivity index (χ1) is 11.5. The molecule has 2 unspecified atom stereocenters. The zero-order valence-electron chi connectivity index (χ0n) is 15.2. The molecule has 2 aromatic rings. The quantitative estimate of drug-likeness (QED) is 0.782. The number of hydrogen-bond acceptors (Lipinski definition) is 2. The van der Waals surface area contributed by atoms with E-state index in [0.717, 1.165) is 5.75 Å². The number of quaternary nitrogens is 1. The predicted molar refractivity (Wildman–Crippen MR) is 98.4 cm³/mol. The van der Waals surface area contributed by atoms with E-state index >= 15 is 0 Å². The van der Waals surface area contributed by atoms with Crippen LogP contribution in [0.15, 0.2) is 48.5 Å². The molecular weight excluding hydrogens is 298 g/mol. The number of aryl methyl sites for hydroxylation is 1. The molecule has 0 bridgehead atoms. The summed E-state index contributed by atoms with van der Waals surface area (Å²) in [5.41, 5.74) is 3.63. The van der Waals surface area contributed by atoms with Gasteiger partial charge in [-0.1, -0.05) is 56.3 Å². The van der Waals surface area contributed by atoms with Gasteiger partial charge in [-0.15, -0.1) is 0 Å². The Labute approximate surface area is 145 Å². The van der Waals surface area contributed by atoms with Gasteiger partial charge in [0, 0.05) is 5.56 Å². The maximum Gasteiger partial charge on any atom is 0.137 e. The average molecular weight is 328 g/mol. The standard InChI is InChI=1S/C21H29NO2/c1-15(2)20-11-10-16(3)12-21(20)24-14-19(23)13-22-17(4)18-8-6-5-7-9-18/h5-12,15,17,19,22-23H,13-14H2,1-4H3/p+1. The second kappa shape index (κ2) is 8.86. The highest BCUT2D eigenvalue weighted by Crippen LogP contribution is 2.27. The summed E-state index contributed by atoms with van der Waals surface area (Å²) < 4.78 is 5.91. The predicted octanol–water partition coefficient (Wildman–Crippen LogP) is 3.18. The SMILES string of the molecule is Cc1ccc(C(C)C)c(OCC(O)C[NH2+]C(C)c2ccccc2)c1. The van der Waals surface area contributed by atoms with Crippen LogP contribution in [0.1, 0.15) is 49.4 Å². The number of aliphatic hydroxyl groups is 1. The van der Waals surface area contributed by atoms with Crippen molar-refractivity contribution < 1.29 is 15.2 Å². The molecule has 2 aromatic carbocycles. The molecule has 3 N–H and O–H groups in total. The van der Waals surface area contributed by atoms with Gasteiger partial charge >= 0.3 is 0 Å². The van der Waals surface area contributed by atoms with Crippen molar-refractivity contribution in [2.24, 2.45) is 0 Å². The van der Waals surface area contributed by atoms with Crippen LogP contribution in [-0.4, -0.2) is 24.4 Å². The minimum atomic E-state index is -0.489. The average Bonchev–Trinajstić information content (AvgIpc) is 2.58. The van der Waals surface area contributed by atoms with E-state index in [1.807, 2.05) is 18.2 Å². The fourth-order valence-corrected chi connectivity index (χ4v) is 2.75. The molecule has 2 atom stereocenters. The topological polar surface area (TPSA) is 46.1 Å². The van der Waals surface area contributed by atoms with Crippen LogP contribution in [0.25, 0.3) is 0 Å². The Morgan fingerprint density at radius 1 is 1.04 bits per heavy atom. The highest BCUT2D eigenvalue weighted by Gasteiger charge is 2.14. The van der Waals surface area contributed by atoms with E-state index in [2.05, 4.69) is 63.3 Å². The molecule has 3 heteroatoms. The second-order valence-electron chi connectivity index (χ2n) is 6.83. The van der Waals surface area contributed by atoms with Crippen molar-refractivity contribution in [2.45, 2.75) is 45.8 Å². The van der Waals surface area contributed by atoms with Gasteiger partial charge in [-0.3, -0.25) is 0 Å². The number of nitrogens with two attached hydrogens (primary N) is 1. The van der Waals surface area contributed by atoms with Crippen LogP contribution in [0.4, 0.5) is 0 Å². The van der Waals surface area contributed by atoms with E-state index in [9.17, 15) is 5.11 Å². The summed E-state index contributed by atoms with van der Waals surface area (Å²) in [4.78, 5) is 0. The molecule has 2 rings (SSSR count). The first-order valence-corrected chi connectivity index (χ1v) is 8.77. The van der Waals surface area contributed by atoms with Crippen LogP contribution < -0.4 is 10.1 Å². The minimum Gasteiger partial charge on any atom is -0.490 e. The summed E-state index contributed by atoms with van der Waals surface area (Å²) in [5.74, 6) is 1.29. The highest BCUT2D eigenvalue weighted by molar-refractivity contribution is 5.39. The summed E-state index contributed by atoms with van der Waals surface area (Å²) in [6.45, 7) is 9.47. The summed E-state index contributed by atoms with van der Waals surface area (Å²) in [5, 5.41) is 12.4. The number of rotatable bonds is 8. The summed E-state index contributed by atoms with van der Waals surface area (Å²) in [6, 6.07) is 16.9. The molecule has 0 aliphatic carbocycles. The Bertz CT molecular complexity index is 625. The molecule has 0 saturated carbocycles. The lowest BCUT2D eigenvalue weighted by Gasteiger charge is -2.18. The highest BCUT2D eigenvalue weighted by atomic mass is 16.5.